The lowest BCUT2D eigenvalue weighted by Gasteiger charge is -2.05. The number of ether oxygens (including phenoxy) is 1. The van der Waals surface area contributed by atoms with E-state index in [1.54, 1.807) is 37.4 Å². The van der Waals surface area contributed by atoms with Gasteiger partial charge in [0.05, 0.1) is 30.5 Å². The third kappa shape index (κ3) is 3.61. The average Bonchev–Trinajstić information content (AvgIpc) is 3.48. The second-order valence-corrected chi connectivity index (χ2v) is 7.09. The number of aromatic nitrogens is 5. The fraction of sp³-hybridized carbons (Fsp3) is 0.0909. The fourth-order valence-corrected chi connectivity index (χ4v) is 3.46. The van der Waals surface area contributed by atoms with Crippen molar-refractivity contribution in [3.63, 3.8) is 0 Å². The van der Waals surface area contributed by atoms with Gasteiger partial charge in [-0.3, -0.25) is 19.5 Å². The van der Waals surface area contributed by atoms with Crippen LogP contribution < -0.4 is 10.3 Å². The predicted octanol–water partition coefficient (Wildman–Crippen LogP) is 3.20. The Balaban J connectivity index is 1.46. The molecule has 11 nitrogen and oxygen atoms in total. The molecule has 5 aromatic rings. The second-order valence-electron chi connectivity index (χ2n) is 7.09. The standard InChI is InChI=1S/C22H16N6O5/c1-32-16-8-6-14(7-9-16)21-25-15(12-33-21)11-26-13-23-20-17(22(26)29)10-24-27(20)18-4-2-3-5-19(18)28(30)31/h2-10,12-13H,11H2,1H3. The summed E-state index contributed by atoms with van der Waals surface area (Å²) in [6.07, 6.45) is 4.19. The fourth-order valence-electron chi connectivity index (χ4n) is 3.46. The summed E-state index contributed by atoms with van der Waals surface area (Å²) in [5.41, 5.74) is 1.28. The summed E-state index contributed by atoms with van der Waals surface area (Å²) in [6, 6.07) is 13.4. The molecule has 0 aliphatic heterocycles. The highest BCUT2D eigenvalue weighted by molar-refractivity contribution is 5.76. The zero-order valence-corrected chi connectivity index (χ0v) is 17.3. The number of nitro groups is 1. The largest absolute Gasteiger partial charge is 0.497 e. The quantitative estimate of drug-likeness (QED) is 0.288. The van der Waals surface area contributed by atoms with Gasteiger partial charge in [0.25, 0.3) is 11.2 Å². The molecule has 0 aliphatic carbocycles. The maximum Gasteiger partial charge on any atom is 0.294 e. The Bertz CT molecular complexity index is 1530. The van der Waals surface area contributed by atoms with Gasteiger partial charge in [0.1, 0.15) is 29.4 Å². The monoisotopic (exact) mass is 444 g/mol. The number of rotatable bonds is 6. The Morgan fingerprint density at radius 1 is 1.15 bits per heavy atom. The SMILES string of the molecule is COc1ccc(-c2nc(Cn3cnc4c(cnn4-c4ccccc4[N+](=O)[O-])c3=O)co2)cc1. The maximum atomic E-state index is 13.0. The molecule has 0 N–H and O–H groups in total. The Labute approximate surface area is 185 Å². The zero-order valence-electron chi connectivity index (χ0n) is 17.3. The number of hydrogen-bond donors (Lipinski definition) is 0. The number of methoxy groups -OCH3 is 1. The first-order valence-electron chi connectivity index (χ1n) is 9.81. The Morgan fingerprint density at radius 3 is 2.70 bits per heavy atom. The molecule has 0 bridgehead atoms. The molecule has 3 heterocycles. The van der Waals surface area contributed by atoms with Crippen LogP contribution in [0.5, 0.6) is 5.75 Å². The van der Waals surface area contributed by atoms with Crippen molar-refractivity contribution in [3.8, 4) is 22.9 Å². The number of hydrogen-bond acceptors (Lipinski definition) is 8. The normalized spacial score (nSPS) is 11.1. The topological polar surface area (TPSA) is 131 Å². The van der Waals surface area contributed by atoms with Gasteiger partial charge in [0, 0.05) is 11.6 Å². The van der Waals surface area contributed by atoms with Crippen LogP contribution in [0.15, 0.2) is 76.5 Å². The minimum atomic E-state index is -0.505. The van der Waals surface area contributed by atoms with E-state index in [1.807, 2.05) is 12.1 Å². The summed E-state index contributed by atoms with van der Waals surface area (Å²) in [5.74, 6) is 1.14. The Morgan fingerprint density at radius 2 is 1.94 bits per heavy atom. The van der Waals surface area contributed by atoms with Crippen molar-refractivity contribution in [2.75, 3.05) is 7.11 Å². The van der Waals surface area contributed by atoms with Crippen LogP contribution in [0.3, 0.4) is 0 Å². The van der Waals surface area contributed by atoms with Crippen LogP contribution in [0, 0.1) is 10.1 Å². The molecule has 0 spiro atoms. The van der Waals surface area contributed by atoms with E-state index in [2.05, 4.69) is 15.1 Å². The van der Waals surface area contributed by atoms with Crippen molar-refractivity contribution in [1.82, 2.24) is 24.3 Å². The highest BCUT2D eigenvalue weighted by atomic mass is 16.6. The lowest BCUT2D eigenvalue weighted by atomic mass is 10.2. The van der Waals surface area contributed by atoms with Crippen molar-refractivity contribution in [2.45, 2.75) is 6.54 Å². The van der Waals surface area contributed by atoms with Crippen molar-refractivity contribution < 1.29 is 14.1 Å². The van der Waals surface area contributed by atoms with E-state index >= 15 is 0 Å². The molecule has 0 radical (unpaired) electrons. The van der Waals surface area contributed by atoms with E-state index in [-0.39, 0.29) is 34.5 Å². The van der Waals surface area contributed by atoms with E-state index in [0.717, 1.165) is 11.3 Å². The molecular formula is C22H16N6O5. The van der Waals surface area contributed by atoms with Crippen LogP contribution in [-0.4, -0.2) is 36.3 Å². The van der Waals surface area contributed by atoms with E-state index in [9.17, 15) is 14.9 Å². The summed E-state index contributed by atoms with van der Waals surface area (Å²) >= 11 is 0. The Hall–Kier alpha value is -4.80. The molecule has 0 aliphatic rings. The van der Waals surface area contributed by atoms with Crippen LogP contribution in [0.4, 0.5) is 5.69 Å². The highest BCUT2D eigenvalue weighted by Crippen LogP contribution is 2.24. The number of benzene rings is 2. The van der Waals surface area contributed by atoms with Crippen LogP contribution in [-0.2, 0) is 6.54 Å². The first-order valence-corrected chi connectivity index (χ1v) is 9.81. The molecular weight excluding hydrogens is 428 g/mol. The third-order valence-corrected chi connectivity index (χ3v) is 5.08. The smallest absolute Gasteiger partial charge is 0.294 e. The minimum Gasteiger partial charge on any atom is -0.497 e. The molecule has 164 valence electrons. The summed E-state index contributed by atoms with van der Waals surface area (Å²) in [5, 5.41) is 15.8. The van der Waals surface area contributed by atoms with Crippen LogP contribution in [0.25, 0.3) is 28.2 Å². The lowest BCUT2D eigenvalue weighted by Crippen LogP contribution is -2.21. The van der Waals surface area contributed by atoms with E-state index in [4.69, 9.17) is 9.15 Å². The van der Waals surface area contributed by atoms with Gasteiger partial charge >= 0.3 is 0 Å². The molecule has 33 heavy (non-hydrogen) atoms. The first kappa shape index (κ1) is 20.1. The van der Waals surface area contributed by atoms with Gasteiger partial charge in [-0.05, 0) is 30.3 Å². The number of nitrogens with zero attached hydrogens (tertiary/aromatic N) is 6. The van der Waals surface area contributed by atoms with Gasteiger partial charge in [-0.15, -0.1) is 0 Å². The molecule has 3 aromatic heterocycles. The molecule has 0 saturated carbocycles. The average molecular weight is 444 g/mol. The zero-order chi connectivity index (χ0) is 22.9. The van der Waals surface area contributed by atoms with Gasteiger partial charge in [-0.1, -0.05) is 12.1 Å². The number of oxazole rings is 1. The van der Waals surface area contributed by atoms with Gasteiger partial charge in [0.15, 0.2) is 5.65 Å². The molecule has 0 amide bonds. The second kappa shape index (κ2) is 8.04. The predicted molar refractivity (Wildman–Crippen MR) is 117 cm³/mol. The van der Waals surface area contributed by atoms with Gasteiger partial charge in [-0.25, -0.2) is 14.6 Å². The third-order valence-electron chi connectivity index (χ3n) is 5.08. The number of nitro benzene ring substituents is 1. The highest BCUT2D eigenvalue weighted by Gasteiger charge is 2.19. The molecule has 0 atom stereocenters. The first-order chi connectivity index (χ1) is 16.0. The van der Waals surface area contributed by atoms with Crippen molar-refractivity contribution >= 4 is 16.7 Å². The van der Waals surface area contributed by atoms with Crippen LogP contribution >= 0.6 is 0 Å². The molecule has 0 unspecified atom stereocenters. The minimum absolute atomic E-state index is 0.137. The van der Waals surface area contributed by atoms with Crippen molar-refractivity contribution in [3.05, 3.63) is 93.5 Å². The maximum absolute atomic E-state index is 13.0. The molecule has 0 saturated heterocycles. The molecule has 0 fully saturated rings. The van der Waals surface area contributed by atoms with Crippen molar-refractivity contribution in [2.24, 2.45) is 0 Å². The summed E-state index contributed by atoms with van der Waals surface area (Å²) < 4.78 is 13.4. The molecule has 11 heteroatoms. The summed E-state index contributed by atoms with van der Waals surface area (Å²) in [7, 11) is 1.59. The molecule has 2 aromatic carbocycles. The number of fused-ring (bicyclic) bond motifs is 1. The van der Waals surface area contributed by atoms with Crippen LogP contribution in [0.2, 0.25) is 0 Å². The lowest BCUT2D eigenvalue weighted by molar-refractivity contribution is -0.384. The number of para-hydroxylation sites is 2. The van der Waals surface area contributed by atoms with E-state index in [0.29, 0.717) is 11.6 Å². The van der Waals surface area contributed by atoms with Crippen LogP contribution in [0.1, 0.15) is 5.69 Å². The van der Waals surface area contributed by atoms with Gasteiger partial charge in [0.2, 0.25) is 5.89 Å². The van der Waals surface area contributed by atoms with E-state index in [1.165, 1.54) is 34.1 Å². The van der Waals surface area contributed by atoms with Gasteiger partial charge < -0.3 is 9.15 Å². The summed E-state index contributed by atoms with van der Waals surface area (Å²) in [4.78, 5) is 32.6. The molecule has 5 rings (SSSR count). The van der Waals surface area contributed by atoms with Crippen molar-refractivity contribution in [1.29, 1.82) is 0 Å². The summed E-state index contributed by atoms with van der Waals surface area (Å²) in [6.45, 7) is 0.137. The van der Waals surface area contributed by atoms with E-state index < -0.39 is 4.92 Å². The van der Waals surface area contributed by atoms with Gasteiger partial charge in [-0.2, -0.15) is 5.10 Å². The Kier molecular flexibility index (Phi) is 4.90.